The van der Waals surface area contributed by atoms with Gasteiger partial charge in [-0.1, -0.05) is 19.4 Å². The molecule has 0 spiro atoms. The first-order chi connectivity index (χ1) is 9.56. The highest BCUT2D eigenvalue weighted by Crippen LogP contribution is 2.45. The van der Waals surface area contributed by atoms with E-state index in [1.807, 2.05) is 0 Å². The van der Waals surface area contributed by atoms with Crippen molar-refractivity contribution in [2.75, 3.05) is 0 Å². The molecule has 1 fully saturated rings. The Morgan fingerprint density at radius 2 is 2.20 bits per heavy atom. The van der Waals surface area contributed by atoms with E-state index < -0.39 is 5.97 Å². The first-order valence-corrected chi connectivity index (χ1v) is 7.01. The van der Waals surface area contributed by atoms with Gasteiger partial charge < -0.3 is 10.1 Å². The highest BCUT2D eigenvalue weighted by atomic mass is 16.4. The van der Waals surface area contributed by atoms with E-state index in [1.165, 1.54) is 6.42 Å². The molecule has 0 bridgehead atoms. The number of aromatic nitrogens is 2. The minimum atomic E-state index is -0.998. The predicted molar refractivity (Wildman–Crippen MR) is 76.1 cm³/mol. The summed E-state index contributed by atoms with van der Waals surface area (Å²) in [5, 5.41) is 9.31. The lowest BCUT2D eigenvalue weighted by Gasteiger charge is -2.41. The van der Waals surface area contributed by atoms with Crippen LogP contribution < -0.4 is 5.69 Å². The van der Waals surface area contributed by atoms with Crippen molar-refractivity contribution in [1.82, 2.24) is 9.55 Å². The van der Waals surface area contributed by atoms with Gasteiger partial charge in [-0.15, -0.1) is 0 Å². The molecule has 1 heterocycles. The van der Waals surface area contributed by atoms with E-state index in [1.54, 1.807) is 22.8 Å². The summed E-state index contributed by atoms with van der Waals surface area (Å²) in [5.74, 6) is -0.998. The molecule has 3 rings (SSSR count). The number of carboxylic acids is 1. The van der Waals surface area contributed by atoms with Crippen molar-refractivity contribution in [1.29, 1.82) is 0 Å². The molecule has 2 aromatic rings. The molecule has 0 atom stereocenters. The van der Waals surface area contributed by atoms with Gasteiger partial charge in [-0.05, 0) is 36.8 Å². The van der Waals surface area contributed by atoms with E-state index in [-0.39, 0.29) is 16.7 Å². The maximum Gasteiger partial charge on any atom is 0.337 e. The molecule has 0 aliphatic heterocycles. The maximum absolute atomic E-state index is 12.2. The highest BCUT2D eigenvalue weighted by Gasteiger charge is 2.36. The summed E-state index contributed by atoms with van der Waals surface area (Å²) in [6.07, 6.45) is 4.42. The number of fused-ring (bicyclic) bond motifs is 1. The Labute approximate surface area is 116 Å². The minimum Gasteiger partial charge on any atom is -0.478 e. The van der Waals surface area contributed by atoms with Gasteiger partial charge in [-0.2, -0.15) is 0 Å². The Kier molecular flexibility index (Phi) is 2.92. The van der Waals surface area contributed by atoms with Crippen LogP contribution >= 0.6 is 0 Å². The second-order valence-corrected chi connectivity index (χ2v) is 5.73. The summed E-state index contributed by atoms with van der Waals surface area (Å²) in [5.41, 5.74) is 1.25. The van der Waals surface area contributed by atoms with E-state index in [2.05, 4.69) is 11.9 Å². The lowest BCUT2D eigenvalue weighted by atomic mass is 9.67. The molecule has 5 nitrogen and oxygen atoms in total. The molecule has 1 aliphatic rings. The van der Waals surface area contributed by atoms with E-state index in [4.69, 9.17) is 0 Å². The normalized spacial score (nSPS) is 17.1. The zero-order chi connectivity index (χ0) is 14.3. The lowest BCUT2D eigenvalue weighted by molar-refractivity contribution is 0.0697. The molecular weight excluding hydrogens is 256 g/mol. The zero-order valence-electron chi connectivity index (χ0n) is 11.5. The van der Waals surface area contributed by atoms with Crippen molar-refractivity contribution >= 4 is 17.0 Å². The topological polar surface area (TPSA) is 75.1 Å². The molecule has 0 unspecified atom stereocenters. The van der Waals surface area contributed by atoms with Gasteiger partial charge in [0.1, 0.15) is 0 Å². The third-order valence-electron chi connectivity index (χ3n) is 4.68. The number of aromatic amines is 1. The monoisotopic (exact) mass is 274 g/mol. The number of aromatic carboxylic acids is 1. The van der Waals surface area contributed by atoms with Gasteiger partial charge in [0, 0.05) is 6.54 Å². The van der Waals surface area contributed by atoms with Crippen molar-refractivity contribution in [2.24, 2.45) is 5.41 Å². The first kappa shape index (κ1) is 13.0. The Morgan fingerprint density at radius 3 is 2.75 bits per heavy atom. The standard InChI is InChI=1S/C15H18N2O3/c1-2-15(7-4-8-15)9-17-12-10(13(18)19)5-3-6-11(12)16-14(17)20/h3,5-6H,2,4,7-9H2,1H3,(H,16,20)(H,18,19). The second kappa shape index (κ2) is 4.51. The van der Waals surface area contributed by atoms with E-state index in [0.29, 0.717) is 17.6 Å². The number of carboxylic acid groups (broad SMARTS) is 1. The van der Waals surface area contributed by atoms with Crippen LogP contribution in [0.5, 0.6) is 0 Å². The van der Waals surface area contributed by atoms with Gasteiger partial charge in [0.2, 0.25) is 0 Å². The molecule has 1 aromatic carbocycles. The van der Waals surface area contributed by atoms with Crippen LogP contribution in [-0.4, -0.2) is 20.6 Å². The molecule has 2 N–H and O–H groups in total. The average molecular weight is 274 g/mol. The Morgan fingerprint density at radius 1 is 1.45 bits per heavy atom. The average Bonchev–Trinajstić information content (AvgIpc) is 2.69. The molecule has 1 aromatic heterocycles. The number of hydrogen-bond acceptors (Lipinski definition) is 2. The molecule has 0 radical (unpaired) electrons. The molecular formula is C15H18N2O3. The molecule has 1 aliphatic carbocycles. The number of rotatable bonds is 4. The first-order valence-electron chi connectivity index (χ1n) is 7.01. The third kappa shape index (κ3) is 1.85. The van der Waals surface area contributed by atoms with Crippen LogP contribution in [0.1, 0.15) is 43.0 Å². The molecule has 5 heteroatoms. The van der Waals surface area contributed by atoms with Crippen LogP contribution in [0.25, 0.3) is 11.0 Å². The van der Waals surface area contributed by atoms with Gasteiger partial charge in [0.05, 0.1) is 16.6 Å². The van der Waals surface area contributed by atoms with Gasteiger partial charge in [-0.25, -0.2) is 9.59 Å². The molecule has 1 saturated carbocycles. The summed E-state index contributed by atoms with van der Waals surface area (Å²) < 4.78 is 1.61. The number of benzene rings is 1. The van der Waals surface area contributed by atoms with E-state index in [9.17, 15) is 14.7 Å². The van der Waals surface area contributed by atoms with Crippen LogP contribution in [0.4, 0.5) is 0 Å². The number of H-pyrrole nitrogens is 1. The van der Waals surface area contributed by atoms with Crippen molar-refractivity contribution in [2.45, 2.75) is 39.2 Å². The van der Waals surface area contributed by atoms with Gasteiger partial charge in [-0.3, -0.25) is 4.57 Å². The van der Waals surface area contributed by atoms with Gasteiger partial charge in [0.15, 0.2) is 0 Å². The summed E-state index contributed by atoms with van der Waals surface area (Å²) in [4.78, 5) is 26.3. The third-order valence-corrected chi connectivity index (χ3v) is 4.68. The number of nitrogens with one attached hydrogen (secondary N) is 1. The van der Waals surface area contributed by atoms with E-state index in [0.717, 1.165) is 19.3 Å². The number of hydrogen-bond donors (Lipinski definition) is 2. The zero-order valence-corrected chi connectivity index (χ0v) is 11.5. The second-order valence-electron chi connectivity index (χ2n) is 5.73. The minimum absolute atomic E-state index is 0.157. The van der Waals surface area contributed by atoms with E-state index >= 15 is 0 Å². The predicted octanol–water partition coefficient (Wildman–Crippen LogP) is 2.61. The lowest BCUT2D eigenvalue weighted by Crippen LogP contribution is -2.36. The van der Waals surface area contributed by atoms with Crippen molar-refractivity contribution in [3.05, 3.63) is 34.2 Å². The van der Waals surface area contributed by atoms with Gasteiger partial charge >= 0.3 is 11.7 Å². The fourth-order valence-electron chi connectivity index (χ4n) is 3.18. The summed E-state index contributed by atoms with van der Waals surface area (Å²) >= 11 is 0. The quantitative estimate of drug-likeness (QED) is 0.899. The highest BCUT2D eigenvalue weighted by molar-refractivity contribution is 6.01. The Balaban J connectivity index is 2.17. The number of carbonyl (C=O) groups is 1. The SMILES string of the molecule is CCC1(Cn2c(=O)[nH]c3cccc(C(=O)O)c32)CCC1. The summed E-state index contributed by atoms with van der Waals surface area (Å²) in [6.45, 7) is 2.74. The number of para-hydroxylation sites is 1. The largest absolute Gasteiger partial charge is 0.478 e. The van der Waals surface area contributed by atoms with Crippen LogP contribution in [-0.2, 0) is 6.54 Å². The number of nitrogens with zero attached hydrogens (tertiary/aromatic N) is 1. The Hall–Kier alpha value is -2.04. The van der Waals surface area contributed by atoms with Crippen LogP contribution in [0.3, 0.4) is 0 Å². The van der Waals surface area contributed by atoms with Crippen LogP contribution in [0, 0.1) is 5.41 Å². The van der Waals surface area contributed by atoms with Crippen molar-refractivity contribution in [3.8, 4) is 0 Å². The molecule has 0 amide bonds. The Bertz CT molecular complexity index is 717. The smallest absolute Gasteiger partial charge is 0.337 e. The number of imidazole rings is 1. The molecule has 106 valence electrons. The van der Waals surface area contributed by atoms with Crippen LogP contribution in [0.2, 0.25) is 0 Å². The summed E-state index contributed by atoms with van der Waals surface area (Å²) in [6, 6.07) is 4.96. The maximum atomic E-state index is 12.2. The summed E-state index contributed by atoms with van der Waals surface area (Å²) in [7, 11) is 0. The van der Waals surface area contributed by atoms with Crippen molar-refractivity contribution in [3.63, 3.8) is 0 Å². The van der Waals surface area contributed by atoms with Gasteiger partial charge in [0.25, 0.3) is 0 Å². The van der Waals surface area contributed by atoms with Crippen molar-refractivity contribution < 1.29 is 9.90 Å². The molecule has 20 heavy (non-hydrogen) atoms. The van der Waals surface area contributed by atoms with Crippen LogP contribution in [0.15, 0.2) is 23.0 Å². The fraction of sp³-hybridized carbons (Fsp3) is 0.467. The fourth-order valence-corrected chi connectivity index (χ4v) is 3.18. The molecule has 0 saturated heterocycles.